The van der Waals surface area contributed by atoms with E-state index < -0.39 is 17.7 Å². The van der Waals surface area contributed by atoms with Crippen molar-refractivity contribution in [2.24, 2.45) is 0 Å². The van der Waals surface area contributed by atoms with Crippen LogP contribution >= 0.6 is 0 Å². The number of hydrogen-bond acceptors (Lipinski definition) is 4. The Bertz CT molecular complexity index is 713. The number of benzene rings is 2. The molecule has 0 heterocycles. The molecular weight excluding hydrogens is 292 g/mol. The minimum Gasteiger partial charge on any atom is -0.507 e. The van der Waals surface area contributed by atoms with E-state index in [2.05, 4.69) is 0 Å². The second kappa shape index (κ2) is 6.59. The van der Waals surface area contributed by atoms with Crippen molar-refractivity contribution in [3.05, 3.63) is 41.5 Å². The van der Waals surface area contributed by atoms with E-state index in [1.807, 2.05) is 58.0 Å². The third-order valence-electron chi connectivity index (χ3n) is 3.50. The van der Waals surface area contributed by atoms with Crippen molar-refractivity contribution in [2.45, 2.75) is 46.3 Å². The number of fused-ring (bicyclic) bond motifs is 1. The maximum atomic E-state index is 12.4. The van der Waals surface area contributed by atoms with Crippen LogP contribution in [0.25, 0.3) is 10.8 Å². The third-order valence-corrected chi connectivity index (χ3v) is 3.50. The summed E-state index contributed by atoms with van der Waals surface area (Å²) in [5.74, 6) is -0.418. The molecule has 0 aliphatic carbocycles. The van der Waals surface area contributed by atoms with Crippen LogP contribution in [0.1, 0.15) is 44.9 Å². The van der Waals surface area contributed by atoms with Crippen LogP contribution in [0.4, 0.5) is 0 Å². The summed E-state index contributed by atoms with van der Waals surface area (Å²) in [4.78, 5) is 12.4. The number of esters is 1. The van der Waals surface area contributed by atoms with Gasteiger partial charge in [0.15, 0.2) is 6.10 Å². The summed E-state index contributed by atoms with van der Waals surface area (Å²) < 4.78 is 11.1. The second-order valence-electron chi connectivity index (χ2n) is 6.54. The molecule has 4 nitrogen and oxygen atoms in total. The van der Waals surface area contributed by atoms with E-state index in [9.17, 15) is 9.90 Å². The molecule has 0 fully saturated rings. The van der Waals surface area contributed by atoms with E-state index >= 15 is 0 Å². The highest BCUT2D eigenvalue weighted by Crippen LogP contribution is 2.39. The van der Waals surface area contributed by atoms with Crippen LogP contribution < -0.4 is 0 Å². The van der Waals surface area contributed by atoms with Gasteiger partial charge < -0.3 is 14.6 Å². The lowest BCUT2D eigenvalue weighted by atomic mass is 9.96. The lowest BCUT2D eigenvalue weighted by Crippen LogP contribution is -2.29. The number of ether oxygens (including phenoxy) is 2. The summed E-state index contributed by atoms with van der Waals surface area (Å²) in [6.07, 6.45) is -0.959. The van der Waals surface area contributed by atoms with Crippen molar-refractivity contribution in [2.75, 3.05) is 6.61 Å². The van der Waals surface area contributed by atoms with E-state index in [1.54, 1.807) is 6.92 Å². The Labute approximate surface area is 137 Å². The molecule has 4 heteroatoms. The highest BCUT2D eigenvalue weighted by Gasteiger charge is 2.32. The molecule has 124 valence electrons. The van der Waals surface area contributed by atoms with Gasteiger partial charge in [0.25, 0.3) is 0 Å². The van der Waals surface area contributed by atoms with Crippen molar-refractivity contribution < 1.29 is 19.4 Å². The molecule has 1 atom stereocenters. The highest BCUT2D eigenvalue weighted by molar-refractivity contribution is 5.92. The van der Waals surface area contributed by atoms with Crippen LogP contribution in [0, 0.1) is 6.92 Å². The molecule has 0 aliphatic rings. The number of aryl methyl sites for hydroxylation is 1. The molecule has 0 aliphatic heterocycles. The minimum atomic E-state index is -0.959. The fourth-order valence-corrected chi connectivity index (χ4v) is 2.61. The monoisotopic (exact) mass is 316 g/mol. The number of phenolic OH excluding ortho intramolecular Hbond substituents is 1. The first-order valence-corrected chi connectivity index (χ1v) is 7.80. The number of phenols is 1. The van der Waals surface area contributed by atoms with Gasteiger partial charge in [-0.2, -0.15) is 0 Å². The summed E-state index contributed by atoms with van der Waals surface area (Å²) in [7, 11) is 0. The topological polar surface area (TPSA) is 55.8 Å². The number of hydrogen-bond donors (Lipinski definition) is 1. The molecule has 2 rings (SSSR count). The molecule has 0 unspecified atom stereocenters. The average Bonchev–Trinajstić information content (AvgIpc) is 2.45. The maximum absolute atomic E-state index is 12.4. The smallest absolute Gasteiger partial charge is 0.340 e. The van der Waals surface area contributed by atoms with Gasteiger partial charge in [-0.05, 0) is 45.6 Å². The van der Waals surface area contributed by atoms with Crippen molar-refractivity contribution in [1.82, 2.24) is 0 Å². The van der Waals surface area contributed by atoms with Gasteiger partial charge in [-0.3, -0.25) is 0 Å². The van der Waals surface area contributed by atoms with E-state index in [0.717, 1.165) is 10.9 Å². The van der Waals surface area contributed by atoms with Crippen molar-refractivity contribution in [3.8, 4) is 5.75 Å². The second-order valence-corrected chi connectivity index (χ2v) is 6.54. The van der Waals surface area contributed by atoms with Crippen LogP contribution in [0.2, 0.25) is 0 Å². The van der Waals surface area contributed by atoms with Crippen LogP contribution in [-0.2, 0) is 14.3 Å². The first kappa shape index (κ1) is 17.3. The minimum absolute atomic E-state index is 0.0721. The quantitative estimate of drug-likeness (QED) is 0.856. The first-order chi connectivity index (χ1) is 10.7. The Hall–Kier alpha value is -2.07. The Morgan fingerprint density at radius 1 is 1.26 bits per heavy atom. The van der Waals surface area contributed by atoms with Gasteiger partial charge in [-0.15, -0.1) is 0 Å². The molecule has 0 aromatic heterocycles. The molecule has 1 N–H and O–H groups in total. The van der Waals surface area contributed by atoms with Crippen LogP contribution in [-0.4, -0.2) is 23.3 Å². The molecule has 2 aromatic rings. The number of carbonyl (C=O) groups excluding carboxylic acids is 1. The summed E-state index contributed by atoms with van der Waals surface area (Å²) in [6, 6.07) is 9.46. The van der Waals surface area contributed by atoms with Gasteiger partial charge in [0.2, 0.25) is 0 Å². The summed E-state index contributed by atoms with van der Waals surface area (Å²) >= 11 is 0. The van der Waals surface area contributed by atoms with Gasteiger partial charge in [0.1, 0.15) is 5.75 Å². The highest BCUT2D eigenvalue weighted by atomic mass is 16.6. The predicted molar refractivity (Wildman–Crippen MR) is 90.6 cm³/mol. The van der Waals surface area contributed by atoms with Gasteiger partial charge in [-0.25, -0.2) is 4.79 Å². The van der Waals surface area contributed by atoms with Crippen molar-refractivity contribution in [3.63, 3.8) is 0 Å². The molecule has 0 saturated heterocycles. The lowest BCUT2D eigenvalue weighted by molar-refractivity contribution is -0.167. The zero-order valence-electron chi connectivity index (χ0n) is 14.3. The fourth-order valence-electron chi connectivity index (χ4n) is 2.61. The summed E-state index contributed by atoms with van der Waals surface area (Å²) in [5, 5.41) is 12.3. The molecule has 0 radical (unpaired) electrons. The molecule has 2 aromatic carbocycles. The molecule has 0 amide bonds. The summed E-state index contributed by atoms with van der Waals surface area (Å²) in [5.41, 5.74) is 0.711. The molecular formula is C19H24O4. The molecule has 23 heavy (non-hydrogen) atoms. The average molecular weight is 316 g/mol. The van der Waals surface area contributed by atoms with Gasteiger partial charge in [-0.1, -0.05) is 30.3 Å². The van der Waals surface area contributed by atoms with E-state index in [1.165, 1.54) is 0 Å². The van der Waals surface area contributed by atoms with E-state index in [-0.39, 0.29) is 12.4 Å². The van der Waals surface area contributed by atoms with Crippen LogP contribution in [0.15, 0.2) is 30.3 Å². The van der Waals surface area contributed by atoms with E-state index in [0.29, 0.717) is 10.9 Å². The fraction of sp³-hybridized carbons (Fsp3) is 0.421. The zero-order valence-corrected chi connectivity index (χ0v) is 14.3. The molecule has 0 bridgehead atoms. The number of carbonyl (C=O) groups is 1. The molecule has 0 spiro atoms. The van der Waals surface area contributed by atoms with Crippen LogP contribution in [0.5, 0.6) is 5.75 Å². The standard InChI is InChI=1S/C19H24O4/c1-6-22-18(21)17(23-19(3,4)5)15-12(2)11-13-9-7-8-10-14(13)16(15)20/h7-11,17,20H,6H2,1-5H3/t17-/m1/s1. The predicted octanol–water partition coefficient (Wildman–Crippen LogP) is 4.27. The third kappa shape index (κ3) is 3.82. The Balaban J connectivity index is 2.62. The Kier molecular flexibility index (Phi) is 4.95. The normalized spacial score (nSPS) is 13.1. The van der Waals surface area contributed by atoms with Crippen molar-refractivity contribution in [1.29, 1.82) is 0 Å². The van der Waals surface area contributed by atoms with Crippen molar-refractivity contribution >= 4 is 16.7 Å². The SMILES string of the molecule is CCOC(=O)[C@H](OC(C)(C)C)c1c(C)cc2ccccc2c1O. The zero-order chi connectivity index (χ0) is 17.2. The lowest BCUT2D eigenvalue weighted by Gasteiger charge is -2.28. The molecule has 0 saturated carbocycles. The Morgan fingerprint density at radius 2 is 1.91 bits per heavy atom. The summed E-state index contributed by atoms with van der Waals surface area (Å²) in [6.45, 7) is 9.47. The maximum Gasteiger partial charge on any atom is 0.340 e. The van der Waals surface area contributed by atoms with Gasteiger partial charge in [0.05, 0.1) is 12.2 Å². The first-order valence-electron chi connectivity index (χ1n) is 7.80. The van der Waals surface area contributed by atoms with Crippen LogP contribution in [0.3, 0.4) is 0 Å². The largest absolute Gasteiger partial charge is 0.507 e. The van der Waals surface area contributed by atoms with Gasteiger partial charge in [0, 0.05) is 10.9 Å². The number of rotatable bonds is 4. The van der Waals surface area contributed by atoms with Gasteiger partial charge >= 0.3 is 5.97 Å². The Morgan fingerprint density at radius 3 is 2.52 bits per heavy atom. The van der Waals surface area contributed by atoms with E-state index in [4.69, 9.17) is 9.47 Å². The number of aromatic hydroxyl groups is 1.